The second kappa shape index (κ2) is 7.54. The lowest BCUT2D eigenvalue weighted by Gasteiger charge is -2.21. The second-order valence-corrected chi connectivity index (χ2v) is 5.03. The molecule has 2 aromatic rings. The first kappa shape index (κ1) is 15.9. The summed E-state index contributed by atoms with van der Waals surface area (Å²) in [6.07, 6.45) is 0.978. The zero-order valence-electron chi connectivity index (χ0n) is 13.3. The molecule has 0 unspecified atom stereocenters. The lowest BCUT2D eigenvalue weighted by molar-refractivity contribution is 0.0983. The summed E-state index contributed by atoms with van der Waals surface area (Å²) >= 11 is 0. The van der Waals surface area contributed by atoms with E-state index in [1.807, 2.05) is 44.2 Å². The predicted octanol–water partition coefficient (Wildman–Crippen LogP) is 3.27. The van der Waals surface area contributed by atoms with Crippen LogP contribution in [0, 0.1) is 6.92 Å². The van der Waals surface area contributed by atoms with Gasteiger partial charge in [0, 0.05) is 24.5 Å². The summed E-state index contributed by atoms with van der Waals surface area (Å²) in [6, 6.07) is 11.3. The first-order valence-corrected chi connectivity index (χ1v) is 7.62. The Balaban J connectivity index is 2.29. The van der Waals surface area contributed by atoms with E-state index in [0.29, 0.717) is 18.2 Å². The highest BCUT2D eigenvalue weighted by Gasteiger charge is 2.18. The summed E-state index contributed by atoms with van der Waals surface area (Å²) in [5, 5.41) is 3.13. The molecule has 0 aliphatic carbocycles. The largest absolute Gasteiger partial charge is 0.354 e. The number of para-hydroxylation sites is 1. The van der Waals surface area contributed by atoms with Crippen LogP contribution in [0.15, 0.2) is 36.4 Å². The van der Waals surface area contributed by atoms with Gasteiger partial charge in [0.2, 0.25) is 5.95 Å². The maximum Gasteiger partial charge on any atom is 0.277 e. The molecule has 1 amide bonds. The van der Waals surface area contributed by atoms with E-state index in [4.69, 9.17) is 0 Å². The number of nitrogens with one attached hydrogen (secondary N) is 1. The molecule has 0 bridgehead atoms. The van der Waals surface area contributed by atoms with Crippen molar-refractivity contribution < 1.29 is 4.79 Å². The molecule has 0 aliphatic heterocycles. The van der Waals surface area contributed by atoms with Crippen LogP contribution in [0.4, 0.5) is 11.6 Å². The third-order valence-electron chi connectivity index (χ3n) is 3.24. The van der Waals surface area contributed by atoms with Crippen LogP contribution < -0.4 is 10.2 Å². The molecule has 0 atom stereocenters. The summed E-state index contributed by atoms with van der Waals surface area (Å²) < 4.78 is 0. The smallest absolute Gasteiger partial charge is 0.277 e. The first-order chi connectivity index (χ1) is 10.7. The third-order valence-corrected chi connectivity index (χ3v) is 3.24. The Morgan fingerprint density at radius 2 is 1.91 bits per heavy atom. The van der Waals surface area contributed by atoms with E-state index < -0.39 is 0 Å². The zero-order chi connectivity index (χ0) is 15.9. The van der Waals surface area contributed by atoms with Crippen LogP contribution in [0.5, 0.6) is 0 Å². The van der Waals surface area contributed by atoms with Gasteiger partial charge in [-0.15, -0.1) is 0 Å². The zero-order valence-corrected chi connectivity index (χ0v) is 13.3. The molecule has 0 saturated heterocycles. The molecule has 0 radical (unpaired) electrons. The quantitative estimate of drug-likeness (QED) is 0.889. The number of hydrogen-bond acceptors (Lipinski definition) is 4. The lowest BCUT2D eigenvalue weighted by Crippen LogP contribution is -2.31. The standard InChI is InChI=1S/C17H22N4O/c1-4-11-18-17-19-13(3)12-15(20-17)16(22)21(5-2)14-9-7-6-8-10-14/h6-10,12H,4-5,11H2,1-3H3,(H,18,19,20). The highest BCUT2D eigenvalue weighted by atomic mass is 16.2. The fourth-order valence-corrected chi connectivity index (χ4v) is 2.18. The highest BCUT2D eigenvalue weighted by molar-refractivity contribution is 6.04. The molecule has 22 heavy (non-hydrogen) atoms. The van der Waals surface area contributed by atoms with Crippen molar-refractivity contribution in [3.63, 3.8) is 0 Å². The average Bonchev–Trinajstić information content (AvgIpc) is 2.54. The number of anilines is 2. The van der Waals surface area contributed by atoms with Crippen LogP contribution in [0.25, 0.3) is 0 Å². The van der Waals surface area contributed by atoms with Gasteiger partial charge in [0.05, 0.1) is 0 Å². The molecule has 1 aromatic carbocycles. The number of rotatable bonds is 6. The molecular weight excluding hydrogens is 276 g/mol. The molecule has 1 N–H and O–H groups in total. The van der Waals surface area contributed by atoms with E-state index in [-0.39, 0.29) is 5.91 Å². The van der Waals surface area contributed by atoms with Gasteiger partial charge in [-0.2, -0.15) is 0 Å². The van der Waals surface area contributed by atoms with Crippen molar-refractivity contribution in [1.82, 2.24) is 9.97 Å². The first-order valence-electron chi connectivity index (χ1n) is 7.62. The fraction of sp³-hybridized carbons (Fsp3) is 0.353. The molecule has 2 rings (SSSR count). The Morgan fingerprint density at radius 1 is 1.18 bits per heavy atom. The number of carbonyl (C=O) groups excluding carboxylic acids is 1. The van der Waals surface area contributed by atoms with Crippen molar-refractivity contribution in [2.75, 3.05) is 23.3 Å². The van der Waals surface area contributed by atoms with Gasteiger partial charge in [0.25, 0.3) is 5.91 Å². The topological polar surface area (TPSA) is 58.1 Å². The van der Waals surface area contributed by atoms with Crippen LogP contribution in [-0.2, 0) is 0 Å². The summed E-state index contributed by atoms with van der Waals surface area (Å²) in [6.45, 7) is 7.27. The minimum Gasteiger partial charge on any atom is -0.354 e. The third kappa shape index (κ3) is 3.81. The van der Waals surface area contributed by atoms with Crippen LogP contribution in [0.2, 0.25) is 0 Å². The van der Waals surface area contributed by atoms with Gasteiger partial charge in [0.15, 0.2) is 0 Å². The second-order valence-electron chi connectivity index (χ2n) is 5.03. The molecule has 116 valence electrons. The van der Waals surface area contributed by atoms with Gasteiger partial charge in [-0.3, -0.25) is 4.79 Å². The number of amides is 1. The predicted molar refractivity (Wildman–Crippen MR) is 89.3 cm³/mol. The van der Waals surface area contributed by atoms with Gasteiger partial charge in [-0.05, 0) is 38.5 Å². The Bertz CT molecular complexity index is 628. The SMILES string of the molecule is CCCNc1nc(C)cc(C(=O)N(CC)c2ccccc2)n1. The van der Waals surface area contributed by atoms with Crippen molar-refractivity contribution in [3.8, 4) is 0 Å². The molecule has 0 spiro atoms. The van der Waals surface area contributed by atoms with Gasteiger partial charge in [-0.25, -0.2) is 9.97 Å². The van der Waals surface area contributed by atoms with Crippen LogP contribution >= 0.6 is 0 Å². The number of aromatic nitrogens is 2. The van der Waals surface area contributed by atoms with Gasteiger partial charge >= 0.3 is 0 Å². The van der Waals surface area contributed by atoms with Gasteiger partial charge < -0.3 is 10.2 Å². The van der Waals surface area contributed by atoms with E-state index in [0.717, 1.165) is 24.3 Å². The summed E-state index contributed by atoms with van der Waals surface area (Å²) in [7, 11) is 0. The van der Waals surface area contributed by atoms with E-state index in [9.17, 15) is 4.79 Å². The number of nitrogens with zero attached hydrogens (tertiary/aromatic N) is 3. The summed E-state index contributed by atoms with van der Waals surface area (Å²) in [4.78, 5) is 23.1. The number of carbonyl (C=O) groups is 1. The fourth-order valence-electron chi connectivity index (χ4n) is 2.18. The maximum absolute atomic E-state index is 12.8. The Kier molecular flexibility index (Phi) is 5.47. The van der Waals surface area contributed by atoms with Crippen molar-refractivity contribution in [2.45, 2.75) is 27.2 Å². The van der Waals surface area contributed by atoms with Gasteiger partial charge in [0.1, 0.15) is 5.69 Å². The summed E-state index contributed by atoms with van der Waals surface area (Å²) in [5.74, 6) is 0.396. The molecule has 0 aliphatic rings. The molecule has 1 aromatic heterocycles. The molecule has 0 fully saturated rings. The van der Waals surface area contributed by atoms with Crippen LogP contribution in [0.3, 0.4) is 0 Å². The normalized spacial score (nSPS) is 10.3. The minimum atomic E-state index is -0.112. The number of hydrogen-bond donors (Lipinski definition) is 1. The van der Waals surface area contributed by atoms with Crippen molar-refractivity contribution in [1.29, 1.82) is 0 Å². The summed E-state index contributed by atoms with van der Waals surface area (Å²) in [5.41, 5.74) is 2.06. The monoisotopic (exact) mass is 298 g/mol. The molecule has 1 heterocycles. The molecule has 5 nitrogen and oxygen atoms in total. The van der Waals surface area contributed by atoms with Crippen LogP contribution in [0.1, 0.15) is 36.5 Å². The maximum atomic E-state index is 12.8. The minimum absolute atomic E-state index is 0.112. The Morgan fingerprint density at radius 3 is 2.55 bits per heavy atom. The average molecular weight is 298 g/mol. The van der Waals surface area contributed by atoms with E-state index >= 15 is 0 Å². The number of aryl methyl sites for hydroxylation is 1. The van der Waals surface area contributed by atoms with Gasteiger partial charge in [-0.1, -0.05) is 25.1 Å². The molecule has 0 saturated carbocycles. The highest BCUT2D eigenvalue weighted by Crippen LogP contribution is 2.16. The van der Waals surface area contributed by atoms with E-state index in [2.05, 4.69) is 22.2 Å². The van der Waals surface area contributed by atoms with Crippen molar-refractivity contribution >= 4 is 17.5 Å². The van der Waals surface area contributed by atoms with Crippen LogP contribution in [-0.4, -0.2) is 29.0 Å². The Labute approximate surface area is 131 Å². The molecular formula is C17H22N4O. The Hall–Kier alpha value is -2.43. The number of benzene rings is 1. The van der Waals surface area contributed by atoms with Crippen molar-refractivity contribution in [2.24, 2.45) is 0 Å². The van der Waals surface area contributed by atoms with E-state index in [1.54, 1.807) is 11.0 Å². The van der Waals surface area contributed by atoms with Crippen molar-refractivity contribution in [3.05, 3.63) is 47.8 Å². The molecule has 5 heteroatoms. The van der Waals surface area contributed by atoms with E-state index in [1.165, 1.54) is 0 Å². The lowest BCUT2D eigenvalue weighted by atomic mass is 10.2.